The summed E-state index contributed by atoms with van der Waals surface area (Å²) in [6.45, 7) is 4.03. The van der Waals surface area contributed by atoms with Gasteiger partial charge in [0.15, 0.2) is 0 Å². The van der Waals surface area contributed by atoms with Gasteiger partial charge in [-0.3, -0.25) is 14.9 Å². The second-order valence-electron chi connectivity index (χ2n) is 4.25. The molecule has 7 heteroatoms. The number of carbonyl (C=O) groups excluding carboxylic acids is 2. The Morgan fingerprint density at radius 1 is 1.37 bits per heavy atom. The fraction of sp³-hybridized carbons (Fsp3) is 0.667. The molecule has 0 bridgehead atoms. The monoisotopic (exact) mass is 269 g/mol. The van der Waals surface area contributed by atoms with Gasteiger partial charge >= 0.3 is 12.0 Å². The topological polar surface area (TPSA) is 111 Å². The lowest BCUT2D eigenvalue weighted by Crippen LogP contribution is -2.43. The summed E-state index contributed by atoms with van der Waals surface area (Å²) in [6.07, 6.45) is 0.0618. The lowest BCUT2D eigenvalue weighted by molar-refractivity contribution is -0.138. The van der Waals surface area contributed by atoms with Gasteiger partial charge in [0.1, 0.15) is 0 Å². The zero-order valence-corrected chi connectivity index (χ0v) is 11.2. The molecule has 2 N–H and O–H groups in total. The third kappa shape index (κ3) is 7.76. The van der Waals surface area contributed by atoms with Gasteiger partial charge in [-0.2, -0.15) is 5.26 Å². The summed E-state index contributed by atoms with van der Waals surface area (Å²) < 4.78 is 0. The Kier molecular flexibility index (Phi) is 7.93. The number of nitrogens with one attached hydrogen (secondary N) is 1. The first-order chi connectivity index (χ1) is 8.90. The number of aliphatic carboxylic acids is 1. The highest BCUT2D eigenvalue weighted by atomic mass is 16.4. The summed E-state index contributed by atoms with van der Waals surface area (Å²) in [5.41, 5.74) is 0. The molecule has 0 radical (unpaired) electrons. The van der Waals surface area contributed by atoms with Gasteiger partial charge in [0.2, 0.25) is 5.91 Å². The van der Waals surface area contributed by atoms with Crippen LogP contribution in [-0.2, 0) is 9.59 Å². The predicted octanol–water partition coefficient (Wildman–Crippen LogP) is 0.959. The molecule has 106 valence electrons. The summed E-state index contributed by atoms with van der Waals surface area (Å²) in [6, 6.07) is 1.37. The SMILES string of the molecule is CCN(CCC#N)C(=O)NC(=O)CC(C)CC(=O)O. The van der Waals surface area contributed by atoms with E-state index in [9.17, 15) is 14.4 Å². The molecule has 0 aliphatic carbocycles. The van der Waals surface area contributed by atoms with Gasteiger partial charge in [0, 0.05) is 25.9 Å². The number of amides is 3. The molecular formula is C12H19N3O4. The van der Waals surface area contributed by atoms with E-state index in [2.05, 4.69) is 5.32 Å². The summed E-state index contributed by atoms with van der Waals surface area (Å²) >= 11 is 0. The number of nitriles is 1. The number of imide groups is 1. The standard InChI is InChI=1S/C12H19N3O4/c1-3-15(6-4-5-13)12(19)14-10(16)7-9(2)8-11(17)18/h9H,3-4,6-8H2,1-2H3,(H,17,18)(H,14,16,19). The van der Waals surface area contributed by atoms with Crippen LogP contribution in [0, 0.1) is 17.2 Å². The van der Waals surface area contributed by atoms with Gasteiger partial charge in [0.05, 0.1) is 12.5 Å². The van der Waals surface area contributed by atoms with Crippen LogP contribution in [0.2, 0.25) is 0 Å². The van der Waals surface area contributed by atoms with E-state index in [1.54, 1.807) is 13.8 Å². The Bertz CT molecular complexity index is 376. The number of carboxylic acid groups (broad SMARTS) is 1. The van der Waals surface area contributed by atoms with Gasteiger partial charge in [-0.1, -0.05) is 6.92 Å². The molecule has 0 saturated carbocycles. The molecule has 7 nitrogen and oxygen atoms in total. The average Bonchev–Trinajstić information content (AvgIpc) is 2.28. The van der Waals surface area contributed by atoms with Crippen LogP contribution in [0.3, 0.4) is 0 Å². The highest BCUT2D eigenvalue weighted by molar-refractivity contribution is 5.94. The van der Waals surface area contributed by atoms with Crippen molar-refractivity contribution >= 4 is 17.9 Å². The van der Waals surface area contributed by atoms with E-state index >= 15 is 0 Å². The molecule has 3 amide bonds. The van der Waals surface area contributed by atoms with Gasteiger partial charge in [-0.05, 0) is 12.8 Å². The maximum Gasteiger partial charge on any atom is 0.324 e. The number of hydrogen-bond acceptors (Lipinski definition) is 4. The molecule has 1 atom stereocenters. The number of hydrogen-bond donors (Lipinski definition) is 2. The Morgan fingerprint density at radius 2 is 2.00 bits per heavy atom. The van der Waals surface area contributed by atoms with Gasteiger partial charge in [0.25, 0.3) is 0 Å². The Morgan fingerprint density at radius 3 is 2.47 bits per heavy atom. The van der Waals surface area contributed by atoms with E-state index in [-0.39, 0.29) is 31.7 Å². The third-order valence-corrected chi connectivity index (χ3v) is 2.47. The van der Waals surface area contributed by atoms with Gasteiger partial charge in [-0.15, -0.1) is 0 Å². The highest BCUT2D eigenvalue weighted by Gasteiger charge is 2.17. The number of urea groups is 1. The molecule has 0 spiro atoms. The van der Waals surface area contributed by atoms with Crippen molar-refractivity contribution in [1.82, 2.24) is 10.2 Å². The Balaban J connectivity index is 4.20. The summed E-state index contributed by atoms with van der Waals surface area (Å²) in [5.74, 6) is -1.82. The molecule has 0 heterocycles. The molecule has 0 aliphatic heterocycles. The molecule has 0 aromatic carbocycles. The minimum Gasteiger partial charge on any atom is -0.481 e. The van der Waals surface area contributed by atoms with Crippen LogP contribution in [0.5, 0.6) is 0 Å². The summed E-state index contributed by atoms with van der Waals surface area (Å²) in [5, 5.41) is 19.2. The first-order valence-corrected chi connectivity index (χ1v) is 6.08. The van der Waals surface area contributed by atoms with Crippen molar-refractivity contribution in [3.8, 4) is 6.07 Å². The molecule has 0 aromatic heterocycles. The minimum absolute atomic E-state index is 0.0200. The third-order valence-electron chi connectivity index (χ3n) is 2.47. The molecule has 1 unspecified atom stereocenters. The Labute approximate surface area is 112 Å². The smallest absolute Gasteiger partial charge is 0.324 e. The van der Waals surface area contributed by atoms with E-state index < -0.39 is 17.9 Å². The molecule has 0 aliphatic rings. The number of carbonyl (C=O) groups is 3. The van der Waals surface area contributed by atoms with Crippen LogP contribution < -0.4 is 5.32 Å². The number of rotatable bonds is 7. The van der Waals surface area contributed by atoms with E-state index in [1.165, 1.54) is 4.90 Å². The Hall–Kier alpha value is -2.10. The fourth-order valence-corrected chi connectivity index (χ4v) is 1.52. The first-order valence-electron chi connectivity index (χ1n) is 6.08. The summed E-state index contributed by atoms with van der Waals surface area (Å²) in [4.78, 5) is 35.0. The van der Waals surface area contributed by atoms with Crippen LogP contribution >= 0.6 is 0 Å². The fourth-order valence-electron chi connectivity index (χ4n) is 1.52. The van der Waals surface area contributed by atoms with Crippen molar-refractivity contribution in [2.24, 2.45) is 5.92 Å². The first kappa shape index (κ1) is 16.9. The normalized spacial score (nSPS) is 11.2. The molecule has 0 saturated heterocycles. The van der Waals surface area contributed by atoms with Crippen molar-refractivity contribution in [3.05, 3.63) is 0 Å². The van der Waals surface area contributed by atoms with Crippen molar-refractivity contribution in [2.45, 2.75) is 33.1 Å². The van der Waals surface area contributed by atoms with E-state index in [0.29, 0.717) is 6.54 Å². The maximum atomic E-state index is 11.7. The minimum atomic E-state index is -0.976. The van der Waals surface area contributed by atoms with Crippen molar-refractivity contribution in [1.29, 1.82) is 5.26 Å². The molecule has 0 aromatic rings. The van der Waals surface area contributed by atoms with E-state index in [1.807, 2.05) is 6.07 Å². The van der Waals surface area contributed by atoms with Crippen LogP contribution in [0.25, 0.3) is 0 Å². The lowest BCUT2D eigenvalue weighted by Gasteiger charge is -2.19. The largest absolute Gasteiger partial charge is 0.481 e. The van der Waals surface area contributed by atoms with Gasteiger partial charge in [-0.25, -0.2) is 4.79 Å². The molecule has 19 heavy (non-hydrogen) atoms. The van der Waals surface area contributed by atoms with Crippen LogP contribution in [0.1, 0.15) is 33.1 Å². The molecular weight excluding hydrogens is 250 g/mol. The van der Waals surface area contributed by atoms with Crippen molar-refractivity contribution in [3.63, 3.8) is 0 Å². The van der Waals surface area contributed by atoms with Crippen molar-refractivity contribution < 1.29 is 19.5 Å². The number of nitrogens with zero attached hydrogens (tertiary/aromatic N) is 2. The maximum absolute atomic E-state index is 11.7. The van der Waals surface area contributed by atoms with Crippen LogP contribution in [0.4, 0.5) is 4.79 Å². The number of carboxylic acids is 1. The predicted molar refractivity (Wildman–Crippen MR) is 67.0 cm³/mol. The molecule has 0 rings (SSSR count). The molecule has 0 fully saturated rings. The lowest BCUT2D eigenvalue weighted by atomic mass is 10.0. The van der Waals surface area contributed by atoms with E-state index in [0.717, 1.165) is 0 Å². The second kappa shape index (κ2) is 8.91. The van der Waals surface area contributed by atoms with Crippen LogP contribution in [-0.4, -0.2) is 41.0 Å². The summed E-state index contributed by atoms with van der Waals surface area (Å²) in [7, 11) is 0. The zero-order valence-electron chi connectivity index (χ0n) is 11.2. The van der Waals surface area contributed by atoms with Crippen molar-refractivity contribution in [2.75, 3.05) is 13.1 Å². The van der Waals surface area contributed by atoms with E-state index in [4.69, 9.17) is 10.4 Å². The van der Waals surface area contributed by atoms with Crippen LogP contribution in [0.15, 0.2) is 0 Å². The average molecular weight is 269 g/mol. The van der Waals surface area contributed by atoms with Gasteiger partial charge < -0.3 is 10.0 Å². The second-order valence-corrected chi connectivity index (χ2v) is 4.25. The highest BCUT2D eigenvalue weighted by Crippen LogP contribution is 2.07. The quantitative estimate of drug-likeness (QED) is 0.715. The zero-order chi connectivity index (χ0) is 14.8.